The van der Waals surface area contributed by atoms with E-state index in [4.69, 9.17) is 11.6 Å². The monoisotopic (exact) mass is 502 g/mol. The van der Waals surface area contributed by atoms with Gasteiger partial charge < -0.3 is 9.80 Å². The van der Waals surface area contributed by atoms with E-state index in [2.05, 4.69) is 19.9 Å². The number of alkyl halides is 1. The van der Waals surface area contributed by atoms with E-state index in [0.717, 1.165) is 12.8 Å². The molecule has 1 saturated heterocycles. The Hall–Kier alpha value is -1.62. The molecule has 1 amide bonds. The van der Waals surface area contributed by atoms with Gasteiger partial charge in [-0.05, 0) is 41.9 Å². The van der Waals surface area contributed by atoms with E-state index in [1.54, 1.807) is 16.0 Å². The number of aromatic nitrogens is 4. The number of carbonyl (C=O) groups is 1. The molecule has 2 fully saturated rings. The number of carbonyl (C=O) groups excluding carboxylic acids is 1. The normalized spacial score (nSPS) is 22.6. The van der Waals surface area contributed by atoms with E-state index < -0.39 is 12.2 Å². The summed E-state index contributed by atoms with van der Waals surface area (Å²) in [7, 11) is 0. The molecular weight excluding hydrogens is 486 g/mol. The molecule has 2 aliphatic rings. The number of hydrogen-bond donors (Lipinski definition) is 0. The number of rotatable bonds is 4. The number of hydrogen-bond acceptors (Lipinski definition) is 6. The van der Waals surface area contributed by atoms with E-state index in [9.17, 15) is 4.79 Å². The van der Waals surface area contributed by atoms with Gasteiger partial charge in [0.1, 0.15) is 15.6 Å². The second-order valence-electron chi connectivity index (χ2n) is 6.69. The Balaban J connectivity index is 1.50. The zero-order valence-corrected chi connectivity index (χ0v) is 17.2. The van der Waals surface area contributed by atoms with Crippen molar-refractivity contribution in [1.29, 1.82) is 0 Å². The van der Waals surface area contributed by atoms with Gasteiger partial charge in [0.05, 0.1) is 42.4 Å². The maximum Gasteiger partial charge on any atom is 0.274 e. The Morgan fingerprint density at radius 3 is 2.48 bits per heavy atom. The Morgan fingerprint density at radius 1 is 1.15 bits per heavy atom. The second kappa shape index (κ2) is 7.78. The van der Waals surface area contributed by atoms with Crippen LogP contribution in [0, 0.1) is 3.70 Å². The standard InChI is InChI=1S/C17H17ClFIN6O/c18-10-5-23-17(24-6-10)25-4-3-14(12(19)9-25)26(11-1-2-11)16(27)13-7-22-15(20)8-21-13/h5-8,11-12,14H,1-4,9H2/t12-,14+/m0/s1. The fraction of sp³-hybridized carbons (Fsp3) is 0.471. The summed E-state index contributed by atoms with van der Waals surface area (Å²) in [6, 6.07) is -0.394. The lowest BCUT2D eigenvalue weighted by Gasteiger charge is -2.40. The lowest BCUT2D eigenvalue weighted by molar-refractivity contribution is 0.0480. The first-order valence-electron chi connectivity index (χ1n) is 8.69. The van der Waals surface area contributed by atoms with Gasteiger partial charge in [-0.2, -0.15) is 0 Å². The molecule has 1 saturated carbocycles. The molecule has 2 aromatic rings. The van der Waals surface area contributed by atoms with Gasteiger partial charge in [-0.1, -0.05) is 11.6 Å². The minimum Gasteiger partial charge on any atom is -0.338 e. The van der Waals surface area contributed by atoms with Crippen molar-refractivity contribution in [3.05, 3.63) is 39.2 Å². The summed E-state index contributed by atoms with van der Waals surface area (Å²) in [5.41, 5.74) is 0.262. The van der Waals surface area contributed by atoms with Crippen molar-refractivity contribution in [2.45, 2.75) is 37.5 Å². The van der Waals surface area contributed by atoms with Crippen LogP contribution >= 0.6 is 34.2 Å². The molecule has 3 heterocycles. The third-order valence-electron chi connectivity index (χ3n) is 4.77. The summed E-state index contributed by atoms with van der Waals surface area (Å²) in [5, 5.41) is 0.439. The molecule has 2 aromatic heterocycles. The van der Waals surface area contributed by atoms with Crippen LogP contribution in [0.3, 0.4) is 0 Å². The highest BCUT2D eigenvalue weighted by molar-refractivity contribution is 14.1. The van der Waals surface area contributed by atoms with Gasteiger partial charge in [0, 0.05) is 12.6 Å². The highest BCUT2D eigenvalue weighted by Crippen LogP contribution is 2.34. The van der Waals surface area contributed by atoms with Crippen LogP contribution in [0.15, 0.2) is 24.8 Å². The summed E-state index contributed by atoms with van der Waals surface area (Å²) in [5.74, 6) is 0.207. The first-order chi connectivity index (χ1) is 13.0. The Bertz CT molecular complexity index is 819. The first-order valence-corrected chi connectivity index (χ1v) is 10.2. The van der Waals surface area contributed by atoms with Crippen molar-refractivity contribution in [3.63, 3.8) is 0 Å². The minimum absolute atomic E-state index is 0.0835. The molecule has 0 aromatic carbocycles. The van der Waals surface area contributed by atoms with Crippen LogP contribution in [0.4, 0.5) is 10.3 Å². The molecular formula is C17H17ClFIN6O. The summed E-state index contributed by atoms with van der Waals surface area (Å²) >= 11 is 7.85. The molecule has 0 spiro atoms. The van der Waals surface area contributed by atoms with Crippen LogP contribution in [-0.2, 0) is 0 Å². The summed E-state index contributed by atoms with van der Waals surface area (Å²) in [4.78, 5) is 33.1. The van der Waals surface area contributed by atoms with Crippen LogP contribution in [0.5, 0.6) is 0 Å². The van der Waals surface area contributed by atoms with Crippen LogP contribution in [0.25, 0.3) is 0 Å². The fourth-order valence-electron chi connectivity index (χ4n) is 3.35. The van der Waals surface area contributed by atoms with Crippen LogP contribution in [0.1, 0.15) is 29.8 Å². The number of halogens is 3. The number of amides is 1. The molecule has 1 aliphatic heterocycles. The van der Waals surface area contributed by atoms with E-state index in [1.807, 2.05) is 22.6 Å². The van der Waals surface area contributed by atoms with E-state index in [-0.39, 0.29) is 24.2 Å². The highest BCUT2D eigenvalue weighted by Gasteiger charge is 2.44. The molecule has 142 valence electrons. The second-order valence-corrected chi connectivity index (χ2v) is 8.23. The van der Waals surface area contributed by atoms with Gasteiger partial charge >= 0.3 is 0 Å². The van der Waals surface area contributed by atoms with Crippen molar-refractivity contribution >= 4 is 46.0 Å². The largest absolute Gasteiger partial charge is 0.338 e. The van der Waals surface area contributed by atoms with Crippen molar-refractivity contribution in [3.8, 4) is 0 Å². The van der Waals surface area contributed by atoms with Gasteiger partial charge in [-0.25, -0.2) is 24.3 Å². The topological polar surface area (TPSA) is 75.1 Å². The van der Waals surface area contributed by atoms with Crippen molar-refractivity contribution in [1.82, 2.24) is 24.8 Å². The lowest BCUT2D eigenvalue weighted by atomic mass is 10.0. The molecule has 1 aliphatic carbocycles. The van der Waals surface area contributed by atoms with E-state index in [1.165, 1.54) is 18.6 Å². The molecule has 7 nitrogen and oxygen atoms in total. The third kappa shape index (κ3) is 4.13. The van der Waals surface area contributed by atoms with E-state index >= 15 is 4.39 Å². The number of piperidine rings is 1. The maximum absolute atomic E-state index is 15.1. The zero-order chi connectivity index (χ0) is 19.0. The summed E-state index contributed by atoms with van der Waals surface area (Å²) < 4.78 is 15.8. The van der Waals surface area contributed by atoms with Gasteiger partial charge in [0.2, 0.25) is 5.95 Å². The Labute approximate surface area is 174 Å². The molecule has 0 radical (unpaired) electrons. The van der Waals surface area contributed by atoms with Crippen molar-refractivity contribution in [2.24, 2.45) is 0 Å². The zero-order valence-electron chi connectivity index (χ0n) is 14.3. The number of anilines is 1. The molecule has 10 heteroatoms. The van der Waals surface area contributed by atoms with Crippen LogP contribution < -0.4 is 4.90 Å². The Kier molecular flexibility index (Phi) is 5.40. The van der Waals surface area contributed by atoms with Crippen LogP contribution in [-0.4, -0.2) is 62.1 Å². The maximum atomic E-state index is 15.1. The molecule has 2 atom stereocenters. The van der Waals surface area contributed by atoms with Gasteiger partial charge in [0.15, 0.2) is 0 Å². The Morgan fingerprint density at radius 2 is 1.89 bits per heavy atom. The SMILES string of the molecule is O=C(c1cnc(I)cn1)N(C1CC1)[C@@H]1CCN(c2ncc(Cl)cn2)C[C@@H]1F. The highest BCUT2D eigenvalue weighted by atomic mass is 127. The van der Waals surface area contributed by atoms with E-state index in [0.29, 0.717) is 27.6 Å². The van der Waals surface area contributed by atoms with Crippen molar-refractivity contribution < 1.29 is 9.18 Å². The van der Waals surface area contributed by atoms with Crippen molar-refractivity contribution in [2.75, 3.05) is 18.0 Å². The predicted octanol–water partition coefficient (Wildman–Crippen LogP) is 2.75. The average Bonchev–Trinajstić information content (AvgIpc) is 3.49. The quantitative estimate of drug-likeness (QED) is 0.599. The van der Waals surface area contributed by atoms with Crippen LogP contribution in [0.2, 0.25) is 5.02 Å². The molecule has 0 unspecified atom stereocenters. The molecule has 27 heavy (non-hydrogen) atoms. The van der Waals surface area contributed by atoms with Gasteiger partial charge in [0.25, 0.3) is 5.91 Å². The summed E-state index contributed by atoms with van der Waals surface area (Å²) in [6.07, 6.45) is 7.12. The molecule has 0 bridgehead atoms. The average molecular weight is 503 g/mol. The summed E-state index contributed by atoms with van der Waals surface area (Å²) in [6.45, 7) is 0.711. The molecule has 4 rings (SSSR count). The fourth-order valence-corrected chi connectivity index (χ4v) is 3.73. The smallest absolute Gasteiger partial charge is 0.274 e. The minimum atomic E-state index is -1.20. The third-order valence-corrected chi connectivity index (χ3v) is 5.52. The number of nitrogens with zero attached hydrogens (tertiary/aromatic N) is 6. The predicted molar refractivity (Wildman–Crippen MR) is 106 cm³/mol. The van der Waals surface area contributed by atoms with Gasteiger partial charge in [-0.3, -0.25) is 4.79 Å². The first kappa shape index (κ1) is 18.7. The van der Waals surface area contributed by atoms with Gasteiger partial charge in [-0.15, -0.1) is 0 Å². The lowest BCUT2D eigenvalue weighted by Crippen LogP contribution is -2.55. The molecule has 0 N–H and O–H groups in total.